The van der Waals surface area contributed by atoms with Gasteiger partial charge in [-0.1, -0.05) is 0 Å². The Balaban J connectivity index is 2.70. The van der Waals surface area contributed by atoms with Crippen LogP contribution in [0.1, 0.15) is 27.3 Å². The van der Waals surface area contributed by atoms with E-state index in [9.17, 15) is 14.4 Å². The van der Waals surface area contributed by atoms with Gasteiger partial charge in [0.1, 0.15) is 11.1 Å². The minimum atomic E-state index is -0.547. The number of aromatic amines is 2. The summed E-state index contributed by atoms with van der Waals surface area (Å²) in [6.07, 6.45) is 0. The van der Waals surface area contributed by atoms with Gasteiger partial charge in [0.2, 0.25) is 5.78 Å². The summed E-state index contributed by atoms with van der Waals surface area (Å²) < 4.78 is 2.43. The monoisotopic (exact) mass is 250 g/mol. The van der Waals surface area contributed by atoms with E-state index in [4.69, 9.17) is 0 Å². The molecule has 2 heterocycles. The molecule has 0 fully saturated rings. The lowest BCUT2D eigenvalue weighted by Crippen LogP contribution is -2.25. The summed E-state index contributed by atoms with van der Waals surface area (Å²) in [6, 6.07) is 0. The maximum atomic E-state index is 12.3. The van der Waals surface area contributed by atoms with Crippen molar-refractivity contribution in [1.29, 1.82) is 0 Å². The highest BCUT2D eigenvalue weighted by molar-refractivity contribution is 6.09. The van der Waals surface area contributed by atoms with Crippen molar-refractivity contribution in [3.05, 3.63) is 43.2 Å². The van der Waals surface area contributed by atoms with Crippen molar-refractivity contribution in [2.45, 2.75) is 13.8 Å². The Bertz CT molecular complexity index is 679. The first-order chi connectivity index (χ1) is 8.34. The van der Waals surface area contributed by atoms with Gasteiger partial charge in [-0.3, -0.25) is 33.9 Å². The van der Waals surface area contributed by atoms with Crippen LogP contribution >= 0.6 is 0 Å². The van der Waals surface area contributed by atoms with E-state index in [1.165, 1.54) is 23.5 Å². The molecule has 7 nitrogen and oxygen atoms in total. The van der Waals surface area contributed by atoms with E-state index in [2.05, 4.69) is 10.2 Å². The van der Waals surface area contributed by atoms with Crippen LogP contribution in [-0.4, -0.2) is 25.3 Å². The summed E-state index contributed by atoms with van der Waals surface area (Å²) in [5.74, 6) is -0.547. The number of rotatable bonds is 2. The zero-order valence-electron chi connectivity index (χ0n) is 10.6. The molecule has 0 atom stereocenters. The number of nitrogens with zero attached hydrogens (tertiary/aromatic N) is 2. The lowest BCUT2D eigenvalue weighted by atomic mass is 10.1. The van der Waals surface area contributed by atoms with Crippen molar-refractivity contribution in [2.24, 2.45) is 14.1 Å². The summed E-state index contributed by atoms with van der Waals surface area (Å²) in [5, 5.41) is 5.47. The quantitative estimate of drug-likeness (QED) is 0.709. The number of aryl methyl sites for hydroxylation is 4. The van der Waals surface area contributed by atoms with Gasteiger partial charge in [0.15, 0.2) is 0 Å². The molecule has 18 heavy (non-hydrogen) atoms. The maximum absolute atomic E-state index is 12.3. The van der Waals surface area contributed by atoms with Crippen LogP contribution in [-0.2, 0) is 14.1 Å². The SMILES string of the molecule is Cc1[nH]n(C)c(=O)c1C(=O)c1c(C)[nH]n(C)c1=O. The maximum Gasteiger partial charge on any atom is 0.277 e. The highest BCUT2D eigenvalue weighted by Crippen LogP contribution is 2.08. The molecule has 0 unspecified atom stereocenters. The fourth-order valence-corrected chi connectivity index (χ4v) is 2.03. The van der Waals surface area contributed by atoms with Crippen LogP contribution in [0.2, 0.25) is 0 Å². The van der Waals surface area contributed by atoms with Crippen molar-refractivity contribution in [1.82, 2.24) is 19.6 Å². The van der Waals surface area contributed by atoms with Gasteiger partial charge in [0.05, 0.1) is 0 Å². The topological polar surface area (TPSA) is 92.7 Å². The fourth-order valence-electron chi connectivity index (χ4n) is 2.03. The number of hydrogen-bond donors (Lipinski definition) is 2. The van der Waals surface area contributed by atoms with E-state index in [-0.39, 0.29) is 11.1 Å². The molecule has 0 spiro atoms. The molecular formula is C11H14N4O3. The molecule has 2 aromatic heterocycles. The van der Waals surface area contributed by atoms with Gasteiger partial charge < -0.3 is 0 Å². The van der Waals surface area contributed by atoms with Crippen molar-refractivity contribution in [3.63, 3.8) is 0 Å². The van der Waals surface area contributed by atoms with Crippen LogP contribution in [0.3, 0.4) is 0 Å². The molecule has 0 amide bonds. The van der Waals surface area contributed by atoms with E-state index in [1.807, 2.05) is 0 Å². The molecule has 7 heteroatoms. The van der Waals surface area contributed by atoms with Crippen LogP contribution in [0.15, 0.2) is 9.59 Å². The summed E-state index contributed by atoms with van der Waals surface area (Å²) in [4.78, 5) is 35.9. The molecule has 0 aliphatic rings. The first-order valence-electron chi connectivity index (χ1n) is 5.40. The number of aromatic nitrogens is 4. The lowest BCUT2D eigenvalue weighted by molar-refractivity contribution is 0.103. The third-order valence-corrected chi connectivity index (χ3v) is 2.91. The molecule has 0 saturated carbocycles. The van der Waals surface area contributed by atoms with Gasteiger partial charge >= 0.3 is 0 Å². The Labute approximate surface area is 102 Å². The predicted octanol–water partition coefficient (Wildman–Crippen LogP) is -0.412. The summed E-state index contributed by atoms with van der Waals surface area (Å²) in [6.45, 7) is 3.25. The number of hydrogen-bond acceptors (Lipinski definition) is 3. The van der Waals surface area contributed by atoms with Crippen LogP contribution in [0, 0.1) is 13.8 Å². The Hall–Kier alpha value is -2.31. The minimum absolute atomic E-state index is 0.0114. The Morgan fingerprint density at radius 2 is 1.22 bits per heavy atom. The van der Waals surface area contributed by atoms with E-state index in [0.29, 0.717) is 11.4 Å². The molecule has 2 N–H and O–H groups in total. The van der Waals surface area contributed by atoms with E-state index in [0.717, 1.165) is 0 Å². The third-order valence-electron chi connectivity index (χ3n) is 2.91. The van der Waals surface area contributed by atoms with Gasteiger partial charge in [-0.15, -0.1) is 0 Å². The second kappa shape index (κ2) is 3.86. The molecule has 0 radical (unpaired) electrons. The summed E-state index contributed by atoms with van der Waals surface area (Å²) >= 11 is 0. The van der Waals surface area contributed by atoms with Crippen LogP contribution < -0.4 is 11.1 Å². The van der Waals surface area contributed by atoms with Gasteiger partial charge in [-0.25, -0.2) is 0 Å². The van der Waals surface area contributed by atoms with Crippen LogP contribution in [0.5, 0.6) is 0 Å². The van der Waals surface area contributed by atoms with Gasteiger partial charge in [-0.05, 0) is 13.8 Å². The summed E-state index contributed by atoms with van der Waals surface area (Å²) in [7, 11) is 3.04. The van der Waals surface area contributed by atoms with Crippen LogP contribution in [0.25, 0.3) is 0 Å². The Morgan fingerprint density at radius 1 is 0.889 bits per heavy atom. The van der Waals surface area contributed by atoms with E-state index < -0.39 is 16.9 Å². The second-order valence-electron chi connectivity index (χ2n) is 4.28. The largest absolute Gasteiger partial charge is 0.299 e. The first-order valence-corrected chi connectivity index (χ1v) is 5.40. The normalized spacial score (nSPS) is 10.9. The summed E-state index contributed by atoms with van der Waals surface area (Å²) in [5.41, 5.74) is 0.0696. The Kier molecular flexibility index (Phi) is 2.61. The average molecular weight is 250 g/mol. The van der Waals surface area contributed by atoms with Gasteiger partial charge in [-0.2, -0.15) is 0 Å². The predicted molar refractivity (Wildman–Crippen MR) is 65.0 cm³/mol. The minimum Gasteiger partial charge on any atom is -0.299 e. The highest BCUT2D eigenvalue weighted by Gasteiger charge is 2.24. The van der Waals surface area contributed by atoms with Crippen molar-refractivity contribution < 1.29 is 4.79 Å². The molecule has 0 aromatic carbocycles. The second-order valence-corrected chi connectivity index (χ2v) is 4.28. The molecule has 0 aliphatic carbocycles. The molecule has 2 aromatic rings. The average Bonchev–Trinajstić information content (AvgIpc) is 2.66. The smallest absolute Gasteiger partial charge is 0.277 e. The van der Waals surface area contributed by atoms with Crippen molar-refractivity contribution in [3.8, 4) is 0 Å². The van der Waals surface area contributed by atoms with Crippen molar-refractivity contribution >= 4 is 5.78 Å². The van der Waals surface area contributed by atoms with Crippen LogP contribution in [0.4, 0.5) is 0 Å². The molecule has 0 bridgehead atoms. The lowest BCUT2D eigenvalue weighted by Gasteiger charge is -1.94. The van der Waals surface area contributed by atoms with Gasteiger partial charge in [0, 0.05) is 25.5 Å². The highest BCUT2D eigenvalue weighted by atomic mass is 16.2. The standard InChI is InChI=1S/C11H14N4O3/c1-5-7(10(17)14(3)12-5)9(16)8-6(2)13-15(4)11(8)18/h12-13H,1-4H3. The molecular weight excluding hydrogens is 236 g/mol. The molecule has 2 rings (SSSR count). The molecule has 96 valence electrons. The number of H-pyrrole nitrogens is 2. The first kappa shape index (κ1) is 12.2. The number of nitrogens with one attached hydrogen (secondary N) is 2. The molecule has 0 saturated heterocycles. The van der Waals surface area contributed by atoms with E-state index >= 15 is 0 Å². The van der Waals surface area contributed by atoms with Gasteiger partial charge in [0.25, 0.3) is 11.1 Å². The van der Waals surface area contributed by atoms with E-state index in [1.54, 1.807) is 13.8 Å². The Morgan fingerprint density at radius 3 is 1.44 bits per heavy atom. The zero-order valence-corrected chi connectivity index (χ0v) is 10.6. The number of carbonyl (C=O) groups excluding carboxylic acids is 1. The number of ketones is 1. The fraction of sp³-hybridized carbons (Fsp3) is 0.364. The van der Waals surface area contributed by atoms with Crippen molar-refractivity contribution in [2.75, 3.05) is 0 Å². The third kappa shape index (κ3) is 1.55. The zero-order chi connectivity index (χ0) is 13.6. The number of carbonyl (C=O) groups is 1. The molecule has 0 aliphatic heterocycles.